The van der Waals surface area contributed by atoms with Crippen LogP contribution < -0.4 is 16.6 Å². The summed E-state index contributed by atoms with van der Waals surface area (Å²) in [4.78, 5) is 4.20. The second-order valence-corrected chi connectivity index (χ2v) is 4.87. The van der Waals surface area contributed by atoms with Gasteiger partial charge in [-0.05, 0) is 13.0 Å². The zero-order chi connectivity index (χ0) is 14.0. The van der Waals surface area contributed by atoms with Gasteiger partial charge in [0, 0.05) is 25.4 Å². The van der Waals surface area contributed by atoms with Gasteiger partial charge in [0.15, 0.2) is 5.82 Å². The number of nitrogen functional groups attached to an aromatic ring is 1. The number of pyridine rings is 1. The highest BCUT2D eigenvalue weighted by Crippen LogP contribution is 2.28. The summed E-state index contributed by atoms with van der Waals surface area (Å²) in [6.07, 6.45) is 1.94. The molecule has 0 saturated carbocycles. The van der Waals surface area contributed by atoms with Gasteiger partial charge in [-0.25, -0.2) is 10.8 Å². The van der Waals surface area contributed by atoms with Crippen molar-refractivity contribution in [2.45, 2.75) is 13.5 Å². The fourth-order valence-corrected chi connectivity index (χ4v) is 2.17. The number of anilines is 2. The van der Waals surface area contributed by atoms with Gasteiger partial charge in [-0.2, -0.15) is 5.10 Å². The lowest BCUT2D eigenvalue weighted by atomic mass is 10.2. The summed E-state index contributed by atoms with van der Waals surface area (Å²) in [5, 5.41) is 8.20. The average Bonchev–Trinajstić information content (AvgIpc) is 2.67. The number of nitrogens with two attached hydrogens (primary N) is 1. The Kier molecular flexibility index (Phi) is 4.14. The fourth-order valence-electron chi connectivity index (χ4n) is 1.69. The van der Waals surface area contributed by atoms with Crippen LogP contribution in [0.2, 0.25) is 10.0 Å². The molecular formula is C11H14Cl2N6. The minimum Gasteiger partial charge on any atom is -0.365 e. The Morgan fingerprint density at radius 3 is 2.58 bits per heavy atom. The summed E-state index contributed by atoms with van der Waals surface area (Å²) in [5.74, 6) is 6.21. The predicted molar refractivity (Wildman–Crippen MR) is 77.3 cm³/mol. The van der Waals surface area contributed by atoms with Crippen LogP contribution in [0.1, 0.15) is 11.3 Å². The number of nitrogens with zero attached hydrogens (tertiary/aromatic N) is 3. The number of aryl methyl sites for hydroxylation is 2. The first-order valence-electron chi connectivity index (χ1n) is 5.57. The second-order valence-electron chi connectivity index (χ2n) is 4.06. The Morgan fingerprint density at radius 1 is 1.32 bits per heavy atom. The maximum absolute atomic E-state index is 6.07. The number of nitrogens with one attached hydrogen (secondary N) is 2. The van der Waals surface area contributed by atoms with Crippen LogP contribution in [0.4, 0.5) is 11.6 Å². The third-order valence-electron chi connectivity index (χ3n) is 2.63. The molecule has 0 fully saturated rings. The standard InChI is InChI=1S/C11H14Cl2N6/c1-6-7(5-19(2)18-6)4-15-10-8(12)3-9(13)11(16-10)17-14/h3,5H,4,14H2,1-2H3,(H2,15,16,17). The van der Waals surface area contributed by atoms with Crippen molar-refractivity contribution in [1.82, 2.24) is 14.8 Å². The van der Waals surface area contributed by atoms with Gasteiger partial charge in [-0.15, -0.1) is 0 Å². The summed E-state index contributed by atoms with van der Waals surface area (Å²) in [6, 6.07) is 1.59. The molecule has 8 heteroatoms. The van der Waals surface area contributed by atoms with E-state index < -0.39 is 0 Å². The Bertz CT molecular complexity index is 595. The third kappa shape index (κ3) is 3.09. The molecule has 0 radical (unpaired) electrons. The molecule has 0 atom stereocenters. The van der Waals surface area contributed by atoms with E-state index in [1.165, 1.54) is 0 Å². The van der Waals surface area contributed by atoms with Crippen LogP contribution in [-0.4, -0.2) is 14.8 Å². The van der Waals surface area contributed by atoms with E-state index >= 15 is 0 Å². The molecule has 0 saturated heterocycles. The largest absolute Gasteiger partial charge is 0.365 e. The lowest BCUT2D eigenvalue weighted by Crippen LogP contribution is -2.11. The summed E-state index contributed by atoms with van der Waals surface area (Å²) < 4.78 is 1.76. The molecular weight excluding hydrogens is 287 g/mol. The number of aromatic nitrogens is 3. The molecule has 0 aliphatic carbocycles. The van der Waals surface area contributed by atoms with E-state index in [-0.39, 0.29) is 0 Å². The van der Waals surface area contributed by atoms with Gasteiger partial charge in [0.1, 0.15) is 5.82 Å². The SMILES string of the molecule is Cc1nn(C)cc1CNc1nc(NN)c(Cl)cc1Cl. The molecule has 6 nitrogen and oxygen atoms in total. The van der Waals surface area contributed by atoms with E-state index in [1.807, 2.05) is 20.2 Å². The van der Waals surface area contributed by atoms with E-state index in [2.05, 4.69) is 20.8 Å². The number of hydrogen-bond acceptors (Lipinski definition) is 5. The fraction of sp³-hybridized carbons (Fsp3) is 0.273. The normalized spacial score (nSPS) is 10.6. The van der Waals surface area contributed by atoms with Gasteiger partial charge in [-0.1, -0.05) is 23.2 Å². The highest BCUT2D eigenvalue weighted by Gasteiger charge is 2.09. The van der Waals surface area contributed by atoms with Crippen molar-refractivity contribution in [3.05, 3.63) is 33.6 Å². The molecule has 0 aliphatic rings. The van der Waals surface area contributed by atoms with E-state index in [9.17, 15) is 0 Å². The Morgan fingerprint density at radius 2 is 2.00 bits per heavy atom. The van der Waals surface area contributed by atoms with Crippen molar-refractivity contribution < 1.29 is 0 Å². The van der Waals surface area contributed by atoms with Crippen LogP contribution >= 0.6 is 23.2 Å². The molecule has 0 aromatic carbocycles. The molecule has 0 spiro atoms. The van der Waals surface area contributed by atoms with Crippen molar-refractivity contribution in [3.63, 3.8) is 0 Å². The number of hydrazine groups is 1. The van der Waals surface area contributed by atoms with Crippen LogP contribution in [0.15, 0.2) is 12.3 Å². The maximum atomic E-state index is 6.07. The topological polar surface area (TPSA) is 80.8 Å². The van der Waals surface area contributed by atoms with Crippen molar-refractivity contribution in [2.75, 3.05) is 10.7 Å². The van der Waals surface area contributed by atoms with Gasteiger partial charge in [0.2, 0.25) is 0 Å². The second kappa shape index (κ2) is 5.64. The molecule has 2 aromatic rings. The van der Waals surface area contributed by atoms with Crippen LogP contribution in [0.5, 0.6) is 0 Å². The first-order valence-corrected chi connectivity index (χ1v) is 6.32. The molecule has 2 rings (SSSR count). The van der Waals surface area contributed by atoms with Gasteiger partial charge >= 0.3 is 0 Å². The molecule has 2 heterocycles. The van der Waals surface area contributed by atoms with Crippen molar-refractivity contribution >= 4 is 34.8 Å². The van der Waals surface area contributed by atoms with Crippen LogP contribution in [0, 0.1) is 6.92 Å². The van der Waals surface area contributed by atoms with Crippen LogP contribution in [0.25, 0.3) is 0 Å². The first kappa shape index (κ1) is 13.9. The lowest BCUT2D eigenvalue weighted by Gasteiger charge is -2.10. The van der Waals surface area contributed by atoms with Crippen LogP contribution in [0.3, 0.4) is 0 Å². The molecule has 19 heavy (non-hydrogen) atoms. The zero-order valence-corrected chi connectivity index (χ0v) is 12.0. The Balaban J connectivity index is 2.17. The molecule has 102 valence electrons. The zero-order valence-electron chi connectivity index (χ0n) is 10.5. The first-order chi connectivity index (χ1) is 9.01. The molecule has 2 aromatic heterocycles. The number of hydrogen-bond donors (Lipinski definition) is 3. The van der Waals surface area contributed by atoms with Gasteiger partial charge < -0.3 is 10.7 Å². The molecule has 4 N–H and O–H groups in total. The molecule has 0 aliphatic heterocycles. The van der Waals surface area contributed by atoms with Gasteiger partial charge in [0.05, 0.1) is 15.7 Å². The van der Waals surface area contributed by atoms with Crippen molar-refractivity contribution in [1.29, 1.82) is 0 Å². The van der Waals surface area contributed by atoms with E-state index in [1.54, 1.807) is 10.7 Å². The predicted octanol–water partition coefficient (Wildman–Crippen LogP) is 2.33. The maximum Gasteiger partial charge on any atom is 0.161 e. The molecule has 0 amide bonds. The number of rotatable bonds is 4. The summed E-state index contributed by atoms with van der Waals surface area (Å²) in [6.45, 7) is 2.51. The van der Waals surface area contributed by atoms with E-state index in [4.69, 9.17) is 29.0 Å². The average molecular weight is 301 g/mol. The summed E-state index contributed by atoms with van der Waals surface area (Å²) >= 11 is 12.0. The van der Waals surface area contributed by atoms with E-state index in [0.29, 0.717) is 28.2 Å². The Hall–Kier alpha value is -1.50. The van der Waals surface area contributed by atoms with Gasteiger partial charge in [-0.3, -0.25) is 4.68 Å². The minimum atomic E-state index is 0.371. The smallest absolute Gasteiger partial charge is 0.161 e. The highest BCUT2D eigenvalue weighted by molar-refractivity contribution is 6.37. The lowest BCUT2D eigenvalue weighted by molar-refractivity contribution is 0.756. The van der Waals surface area contributed by atoms with Gasteiger partial charge in [0.25, 0.3) is 0 Å². The highest BCUT2D eigenvalue weighted by atomic mass is 35.5. The van der Waals surface area contributed by atoms with E-state index in [0.717, 1.165) is 11.3 Å². The monoisotopic (exact) mass is 300 g/mol. The van der Waals surface area contributed by atoms with Crippen molar-refractivity contribution in [3.8, 4) is 0 Å². The Labute approximate surface area is 120 Å². The van der Waals surface area contributed by atoms with Crippen LogP contribution in [-0.2, 0) is 13.6 Å². The molecule has 0 bridgehead atoms. The minimum absolute atomic E-state index is 0.371. The third-order valence-corrected chi connectivity index (χ3v) is 3.20. The quantitative estimate of drug-likeness (QED) is 0.596. The summed E-state index contributed by atoms with van der Waals surface area (Å²) in [5.41, 5.74) is 4.44. The summed E-state index contributed by atoms with van der Waals surface area (Å²) in [7, 11) is 1.88. The number of halogens is 2. The van der Waals surface area contributed by atoms with Crippen molar-refractivity contribution in [2.24, 2.45) is 12.9 Å². The molecule has 0 unspecified atom stereocenters.